The molecule has 19 heavy (non-hydrogen) atoms. The number of amides is 1. The summed E-state index contributed by atoms with van der Waals surface area (Å²) >= 11 is 0. The van der Waals surface area contributed by atoms with Gasteiger partial charge in [-0.15, -0.1) is 0 Å². The second-order valence-corrected chi connectivity index (χ2v) is 4.97. The molecule has 0 atom stereocenters. The fourth-order valence-electron chi connectivity index (χ4n) is 2.45. The Kier molecular flexibility index (Phi) is 3.22. The fraction of sp³-hybridized carbons (Fsp3) is 0.312. The van der Waals surface area contributed by atoms with E-state index in [-0.39, 0.29) is 5.91 Å². The van der Waals surface area contributed by atoms with E-state index in [1.807, 2.05) is 23.1 Å². The number of ether oxygens (including phenoxy) is 1. The van der Waals surface area contributed by atoms with Crippen molar-refractivity contribution in [3.63, 3.8) is 0 Å². The van der Waals surface area contributed by atoms with E-state index >= 15 is 0 Å². The van der Waals surface area contributed by atoms with Crippen molar-refractivity contribution in [2.24, 2.45) is 0 Å². The molecule has 3 nitrogen and oxygen atoms in total. The number of nitrogens with zero attached hydrogens (tertiary/aromatic N) is 1. The first-order valence-electron chi connectivity index (χ1n) is 6.61. The first-order chi connectivity index (χ1) is 9.24. The monoisotopic (exact) mass is 255 g/mol. The summed E-state index contributed by atoms with van der Waals surface area (Å²) in [7, 11) is 0. The minimum absolute atomic E-state index is 0.103. The smallest absolute Gasteiger partial charge is 0.254 e. The number of carbonyl (C=O) groups excluding carboxylic acids is 1. The standard InChI is InChI=1S/C16H17NO2/c1-12-2-3-14-11-15(5-4-13(14)10-12)16(18)17-6-8-19-9-7-17/h2-5,10-11H,6-9H2,1H3. The van der Waals surface area contributed by atoms with Crippen LogP contribution in [-0.2, 0) is 4.74 Å². The largest absolute Gasteiger partial charge is 0.378 e. The van der Waals surface area contributed by atoms with Gasteiger partial charge in [-0.05, 0) is 29.8 Å². The maximum atomic E-state index is 12.4. The molecule has 0 aliphatic carbocycles. The van der Waals surface area contributed by atoms with Gasteiger partial charge in [0.25, 0.3) is 5.91 Å². The molecule has 1 fully saturated rings. The molecule has 1 aliphatic rings. The Balaban J connectivity index is 1.92. The predicted octanol–water partition coefficient (Wildman–Crippen LogP) is 2.62. The fourth-order valence-corrected chi connectivity index (χ4v) is 2.45. The highest BCUT2D eigenvalue weighted by molar-refractivity contribution is 5.98. The van der Waals surface area contributed by atoms with Crippen LogP contribution in [0.4, 0.5) is 0 Å². The van der Waals surface area contributed by atoms with Crippen LogP contribution in [0.2, 0.25) is 0 Å². The topological polar surface area (TPSA) is 29.5 Å². The Hall–Kier alpha value is -1.87. The third kappa shape index (κ3) is 2.47. The van der Waals surface area contributed by atoms with Crippen LogP contribution in [0.15, 0.2) is 36.4 Å². The zero-order chi connectivity index (χ0) is 13.2. The summed E-state index contributed by atoms with van der Waals surface area (Å²) in [5.41, 5.74) is 2.00. The van der Waals surface area contributed by atoms with Gasteiger partial charge >= 0.3 is 0 Å². The highest BCUT2D eigenvalue weighted by Crippen LogP contribution is 2.19. The lowest BCUT2D eigenvalue weighted by molar-refractivity contribution is 0.0303. The average Bonchev–Trinajstić information content (AvgIpc) is 2.47. The minimum Gasteiger partial charge on any atom is -0.378 e. The molecule has 1 heterocycles. The van der Waals surface area contributed by atoms with Crippen molar-refractivity contribution in [3.8, 4) is 0 Å². The van der Waals surface area contributed by atoms with Gasteiger partial charge in [0, 0.05) is 18.7 Å². The Morgan fingerprint density at radius 3 is 2.53 bits per heavy atom. The maximum absolute atomic E-state index is 12.4. The van der Waals surface area contributed by atoms with Crippen molar-refractivity contribution < 1.29 is 9.53 Å². The summed E-state index contributed by atoms with van der Waals surface area (Å²) in [5, 5.41) is 2.29. The van der Waals surface area contributed by atoms with Crippen LogP contribution in [0, 0.1) is 6.92 Å². The first-order valence-corrected chi connectivity index (χ1v) is 6.61. The van der Waals surface area contributed by atoms with E-state index in [9.17, 15) is 4.79 Å². The normalized spacial score (nSPS) is 15.7. The highest BCUT2D eigenvalue weighted by atomic mass is 16.5. The van der Waals surface area contributed by atoms with Crippen molar-refractivity contribution >= 4 is 16.7 Å². The summed E-state index contributed by atoms with van der Waals surface area (Å²) in [5.74, 6) is 0.103. The number of hydrogen-bond acceptors (Lipinski definition) is 2. The Bertz CT molecular complexity index is 615. The van der Waals surface area contributed by atoms with Crippen LogP contribution in [0.5, 0.6) is 0 Å². The molecule has 0 saturated carbocycles. The van der Waals surface area contributed by atoms with E-state index in [1.54, 1.807) is 0 Å². The molecule has 3 heteroatoms. The van der Waals surface area contributed by atoms with Gasteiger partial charge in [0.1, 0.15) is 0 Å². The van der Waals surface area contributed by atoms with Crippen molar-refractivity contribution in [1.82, 2.24) is 4.90 Å². The SMILES string of the molecule is Cc1ccc2cc(C(=O)N3CCOCC3)ccc2c1. The van der Waals surface area contributed by atoms with Gasteiger partial charge in [0.2, 0.25) is 0 Å². The minimum atomic E-state index is 0.103. The lowest BCUT2D eigenvalue weighted by atomic mass is 10.0. The number of morpholine rings is 1. The van der Waals surface area contributed by atoms with Gasteiger partial charge in [0.05, 0.1) is 13.2 Å². The van der Waals surface area contributed by atoms with Crippen LogP contribution >= 0.6 is 0 Å². The van der Waals surface area contributed by atoms with Crippen molar-refractivity contribution in [2.75, 3.05) is 26.3 Å². The van der Waals surface area contributed by atoms with Crippen LogP contribution < -0.4 is 0 Å². The summed E-state index contributed by atoms with van der Waals surface area (Å²) in [6.45, 7) is 4.72. The summed E-state index contributed by atoms with van der Waals surface area (Å²) in [6.07, 6.45) is 0. The van der Waals surface area contributed by atoms with E-state index in [1.165, 1.54) is 10.9 Å². The van der Waals surface area contributed by atoms with Gasteiger partial charge in [-0.2, -0.15) is 0 Å². The summed E-state index contributed by atoms with van der Waals surface area (Å²) in [6, 6.07) is 12.2. The average molecular weight is 255 g/mol. The van der Waals surface area contributed by atoms with Gasteiger partial charge in [-0.25, -0.2) is 0 Å². The van der Waals surface area contributed by atoms with Crippen molar-refractivity contribution in [2.45, 2.75) is 6.92 Å². The Morgan fingerprint density at radius 1 is 1.05 bits per heavy atom. The van der Waals surface area contributed by atoms with Crippen LogP contribution in [0.1, 0.15) is 15.9 Å². The van der Waals surface area contributed by atoms with Gasteiger partial charge in [0.15, 0.2) is 0 Å². The second kappa shape index (κ2) is 5.02. The van der Waals surface area contributed by atoms with Crippen molar-refractivity contribution in [3.05, 3.63) is 47.5 Å². The molecule has 0 spiro atoms. The molecule has 1 amide bonds. The second-order valence-electron chi connectivity index (χ2n) is 4.97. The molecule has 2 aromatic carbocycles. The molecule has 2 aromatic rings. The number of benzene rings is 2. The maximum Gasteiger partial charge on any atom is 0.254 e. The van der Waals surface area contributed by atoms with Crippen LogP contribution in [0.25, 0.3) is 10.8 Å². The van der Waals surface area contributed by atoms with E-state index in [4.69, 9.17) is 4.74 Å². The third-order valence-corrected chi connectivity index (χ3v) is 3.54. The summed E-state index contributed by atoms with van der Waals surface area (Å²) in [4.78, 5) is 14.2. The molecule has 0 aromatic heterocycles. The number of rotatable bonds is 1. The number of fused-ring (bicyclic) bond motifs is 1. The molecule has 98 valence electrons. The number of carbonyl (C=O) groups is 1. The lowest BCUT2D eigenvalue weighted by Gasteiger charge is -2.27. The quantitative estimate of drug-likeness (QED) is 0.784. The predicted molar refractivity (Wildman–Crippen MR) is 75.4 cm³/mol. The molecule has 1 aliphatic heterocycles. The Morgan fingerprint density at radius 2 is 1.74 bits per heavy atom. The molecule has 1 saturated heterocycles. The molecule has 3 rings (SSSR count). The zero-order valence-corrected chi connectivity index (χ0v) is 11.1. The first kappa shape index (κ1) is 12.2. The molecule has 0 radical (unpaired) electrons. The third-order valence-electron chi connectivity index (χ3n) is 3.54. The number of aryl methyl sites for hydroxylation is 1. The van der Waals surface area contributed by atoms with E-state index in [0.717, 1.165) is 10.9 Å². The van der Waals surface area contributed by atoms with E-state index < -0.39 is 0 Å². The van der Waals surface area contributed by atoms with Gasteiger partial charge in [-0.1, -0.05) is 29.8 Å². The van der Waals surface area contributed by atoms with E-state index in [0.29, 0.717) is 26.3 Å². The van der Waals surface area contributed by atoms with Crippen LogP contribution in [0.3, 0.4) is 0 Å². The van der Waals surface area contributed by atoms with Gasteiger partial charge < -0.3 is 9.64 Å². The highest BCUT2D eigenvalue weighted by Gasteiger charge is 2.18. The number of hydrogen-bond donors (Lipinski definition) is 0. The van der Waals surface area contributed by atoms with Gasteiger partial charge in [-0.3, -0.25) is 4.79 Å². The van der Waals surface area contributed by atoms with E-state index in [2.05, 4.69) is 25.1 Å². The Labute approximate surface area is 112 Å². The molecular weight excluding hydrogens is 238 g/mol. The molecule has 0 bridgehead atoms. The van der Waals surface area contributed by atoms with Crippen molar-refractivity contribution in [1.29, 1.82) is 0 Å². The molecule has 0 N–H and O–H groups in total. The van der Waals surface area contributed by atoms with Crippen LogP contribution in [-0.4, -0.2) is 37.1 Å². The lowest BCUT2D eigenvalue weighted by Crippen LogP contribution is -2.40. The zero-order valence-electron chi connectivity index (χ0n) is 11.1. The molecule has 0 unspecified atom stereocenters. The molecular formula is C16H17NO2. The summed E-state index contributed by atoms with van der Waals surface area (Å²) < 4.78 is 5.28.